The van der Waals surface area contributed by atoms with E-state index in [0.29, 0.717) is 11.8 Å². The number of carboxylic acids is 1. The normalized spacial score (nSPS) is 74.4. The van der Waals surface area contributed by atoms with E-state index in [1.165, 1.54) is 12.8 Å². The average Bonchev–Trinajstić information content (AvgIpc) is 2.76. The zero-order valence-corrected chi connectivity index (χ0v) is 7.97. The van der Waals surface area contributed by atoms with E-state index >= 15 is 0 Å². The van der Waals surface area contributed by atoms with Crippen molar-refractivity contribution in [1.82, 2.24) is 0 Å². The van der Waals surface area contributed by atoms with E-state index in [9.17, 15) is 9.90 Å². The Hall–Kier alpha value is -0.530. The van der Waals surface area contributed by atoms with Gasteiger partial charge in [-0.05, 0) is 60.2 Å². The largest absolute Gasteiger partial charge is 0.481 e. The van der Waals surface area contributed by atoms with E-state index in [4.69, 9.17) is 0 Å². The molecule has 1 unspecified atom stereocenters. The van der Waals surface area contributed by atoms with Crippen LogP contribution in [-0.4, -0.2) is 11.1 Å². The van der Waals surface area contributed by atoms with E-state index in [1.807, 2.05) is 0 Å². The summed E-state index contributed by atoms with van der Waals surface area (Å²) in [5.41, 5.74) is 0. The highest BCUT2D eigenvalue weighted by atomic mass is 16.4. The minimum Gasteiger partial charge on any atom is -0.481 e. The van der Waals surface area contributed by atoms with Gasteiger partial charge < -0.3 is 5.11 Å². The van der Waals surface area contributed by atoms with Gasteiger partial charge in [-0.25, -0.2) is 0 Å². The number of hydrogen-bond acceptors (Lipinski definition) is 1. The molecule has 1 N–H and O–H groups in total. The molecule has 0 aromatic carbocycles. The Labute approximate surface area is 82.7 Å². The smallest absolute Gasteiger partial charge is 0.307 e. The summed E-state index contributed by atoms with van der Waals surface area (Å²) < 4.78 is 0. The molecule has 6 aliphatic carbocycles. The van der Waals surface area contributed by atoms with Gasteiger partial charge in [0.25, 0.3) is 0 Å². The molecule has 0 amide bonds. The third kappa shape index (κ3) is 0.409. The van der Waals surface area contributed by atoms with E-state index in [0.717, 1.165) is 35.5 Å². The maximum Gasteiger partial charge on any atom is 0.307 e. The van der Waals surface area contributed by atoms with Crippen LogP contribution in [0.1, 0.15) is 12.8 Å². The maximum atomic E-state index is 11.3. The Balaban J connectivity index is 1.77. The van der Waals surface area contributed by atoms with Gasteiger partial charge in [0.2, 0.25) is 0 Å². The lowest BCUT2D eigenvalue weighted by Gasteiger charge is -2.33. The second-order valence-electron chi connectivity index (χ2n) is 6.30. The van der Waals surface area contributed by atoms with Crippen LogP contribution in [0.25, 0.3) is 0 Å². The van der Waals surface area contributed by atoms with Crippen LogP contribution in [0, 0.1) is 53.3 Å². The predicted molar refractivity (Wildman–Crippen MR) is 48.3 cm³/mol. The maximum absolute atomic E-state index is 11.3. The molecule has 0 radical (unpaired) electrons. The second kappa shape index (κ2) is 1.66. The van der Waals surface area contributed by atoms with Crippen LogP contribution in [0.2, 0.25) is 0 Å². The van der Waals surface area contributed by atoms with Crippen molar-refractivity contribution in [1.29, 1.82) is 0 Å². The molecule has 0 aromatic rings. The van der Waals surface area contributed by atoms with E-state index in [2.05, 4.69) is 0 Å². The first-order valence-corrected chi connectivity index (χ1v) is 6.02. The summed E-state index contributed by atoms with van der Waals surface area (Å²) in [5, 5.41) is 9.33. The van der Waals surface area contributed by atoms with Crippen molar-refractivity contribution in [2.75, 3.05) is 0 Å². The van der Waals surface area contributed by atoms with Crippen molar-refractivity contribution >= 4 is 5.97 Å². The fraction of sp³-hybridized carbons (Fsp3) is 0.917. The lowest BCUT2D eigenvalue weighted by molar-refractivity contribution is -0.143. The summed E-state index contributed by atoms with van der Waals surface area (Å²) in [5.74, 6) is 6.22. The topological polar surface area (TPSA) is 37.3 Å². The first kappa shape index (κ1) is 6.86. The van der Waals surface area contributed by atoms with Gasteiger partial charge in [-0.2, -0.15) is 0 Å². The minimum absolute atomic E-state index is 0.0810. The Morgan fingerprint density at radius 3 is 1.79 bits per heavy atom. The average molecular weight is 190 g/mol. The highest BCUT2D eigenvalue weighted by Gasteiger charge is 2.81. The van der Waals surface area contributed by atoms with Gasteiger partial charge in [0.05, 0.1) is 5.92 Å². The lowest BCUT2D eigenvalue weighted by Crippen LogP contribution is -2.30. The molecule has 9 atom stereocenters. The molecule has 6 bridgehead atoms. The number of carbonyl (C=O) groups is 1. The molecule has 0 spiro atoms. The van der Waals surface area contributed by atoms with Crippen molar-refractivity contribution in [2.45, 2.75) is 12.8 Å². The van der Waals surface area contributed by atoms with Gasteiger partial charge in [0.15, 0.2) is 0 Å². The Morgan fingerprint density at radius 2 is 1.36 bits per heavy atom. The third-order valence-corrected chi connectivity index (χ3v) is 6.61. The van der Waals surface area contributed by atoms with Gasteiger partial charge in [0, 0.05) is 0 Å². The standard InChI is InChI=1S/C12H14O2/c13-12(14)11-9-5-1-3-4-2-6(7(3)9)10(11)8(4)5/h3-11H,1-2H2,(H,13,14)/t3-,4+,5-,6+,7-,8-,9-,10+,11?/m1/s1. The molecule has 6 rings (SSSR count). The highest BCUT2D eigenvalue weighted by Crippen LogP contribution is 2.84. The summed E-state index contributed by atoms with van der Waals surface area (Å²) in [4.78, 5) is 11.3. The van der Waals surface area contributed by atoms with Crippen LogP contribution in [-0.2, 0) is 4.79 Å². The summed E-state index contributed by atoms with van der Waals surface area (Å²) in [6, 6.07) is 0. The molecule has 0 saturated heterocycles. The lowest BCUT2D eigenvalue weighted by atomic mass is 9.71. The van der Waals surface area contributed by atoms with Crippen molar-refractivity contribution < 1.29 is 9.90 Å². The molecule has 2 nitrogen and oxygen atoms in total. The first-order chi connectivity index (χ1) is 6.79. The molecule has 74 valence electrons. The minimum atomic E-state index is -0.469. The van der Waals surface area contributed by atoms with Crippen molar-refractivity contribution in [3.8, 4) is 0 Å². The summed E-state index contributed by atoms with van der Waals surface area (Å²) in [6.07, 6.45) is 2.81. The number of rotatable bonds is 1. The van der Waals surface area contributed by atoms with Crippen LogP contribution >= 0.6 is 0 Å². The SMILES string of the molecule is O=C(O)C1[C@@H]2[C@@H]3C[C@@H]4[C@@H]5C[C@H]([C@H]1[C@H]53)[C@@H]42. The predicted octanol–water partition coefficient (Wildman–Crippen LogP) is 1.47. The molecule has 2 heteroatoms. The molecule has 6 saturated carbocycles. The monoisotopic (exact) mass is 190 g/mol. The fourth-order valence-corrected chi connectivity index (χ4v) is 6.95. The molecule has 0 heterocycles. The number of hydrogen-bond donors (Lipinski definition) is 1. The van der Waals surface area contributed by atoms with Crippen LogP contribution < -0.4 is 0 Å². The third-order valence-electron chi connectivity index (χ3n) is 6.61. The zero-order valence-electron chi connectivity index (χ0n) is 7.97. The van der Waals surface area contributed by atoms with E-state index in [1.54, 1.807) is 0 Å². The first-order valence-electron chi connectivity index (χ1n) is 6.02. The summed E-state index contributed by atoms with van der Waals surface area (Å²) in [6.45, 7) is 0. The van der Waals surface area contributed by atoms with Crippen molar-refractivity contribution in [3.63, 3.8) is 0 Å². The van der Waals surface area contributed by atoms with Crippen LogP contribution in [0.3, 0.4) is 0 Å². The molecule has 0 aliphatic heterocycles. The van der Waals surface area contributed by atoms with E-state index in [-0.39, 0.29) is 5.92 Å². The van der Waals surface area contributed by atoms with Crippen molar-refractivity contribution in [3.05, 3.63) is 0 Å². The number of aliphatic carboxylic acids is 1. The molecule has 0 aromatic heterocycles. The highest BCUT2D eigenvalue weighted by molar-refractivity contribution is 5.73. The molecular weight excluding hydrogens is 176 g/mol. The molecule has 14 heavy (non-hydrogen) atoms. The molecule has 6 aliphatic rings. The van der Waals surface area contributed by atoms with Crippen LogP contribution in [0.5, 0.6) is 0 Å². The fourth-order valence-electron chi connectivity index (χ4n) is 6.95. The van der Waals surface area contributed by atoms with Gasteiger partial charge in [-0.1, -0.05) is 0 Å². The van der Waals surface area contributed by atoms with E-state index < -0.39 is 5.97 Å². The van der Waals surface area contributed by atoms with Gasteiger partial charge in [-0.3, -0.25) is 4.79 Å². The van der Waals surface area contributed by atoms with Gasteiger partial charge >= 0.3 is 5.97 Å². The Bertz CT molecular complexity index is 335. The summed E-state index contributed by atoms with van der Waals surface area (Å²) in [7, 11) is 0. The van der Waals surface area contributed by atoms with Crippen molar-refractivity contribution in [2.24, 2.45) is 53.3 Å². The quantitative estimate of drug-likeness (QED) is 0.679. The Kier molecular flexibility index (Phi) is 0.812. The van der Waals surface area contributed by atoms with Crippen LogP contribution in [0.15, 0.2) is 0 Å². The van der Waals surface area contributed by atoms with Crippen LogP contribution in [0.4, 0.5) is 0 Å². The second-order valence-corrected chi connectivity index (χ2v) is 6.30. The number of carboxylic acid groups (broad SMARTS) is 1. The molecule has 6 fully saturated rings. The van der Waals surface area contributed by atoms with Gasteiger partial charge in [-0.15, -0.1) is 0 Å². The molecular formula is C12H14O2. The van der Waals surface area contributed by atoms with Gasteiger partial charge in [0.1, 0.15) is 0 Å². The Morgan fingerprint density at radius 1 is 0.857 bits per heavy atom. The zero-order chi connectivity index (χ0) is 9.19. The summed E-state index contributed by atoms with van der Waals surface area (Å²) >= 11 is 0.